The van der Waals surface area contributed by atoms with Crippen molar-refractivity contribution in [3.05, 3.63) is 6.15 Å². The average Bonchev–Trinajstić information content (AvgIpc) is 1.00. The van der Waals surface area contributed by atoms with Gasteiger partial charge < -0.3 is 6.15 Å². The molecule has 0 spiro atoms. The fourth-order valence-corrected chi connectivity index (χ4v) is 0. The Labute approximate surface area is 68.1 Å². The van der Waals surface area contributed by atoms with Gasteiger partial charge in [0, 0.05) is 0 Å². The summed E-state index contributed by atoms with van der Waals surface area (Å²) >= 11 is 0. The summed E-state index contributed by atoms with van der Waals surface area (Å²) in [6, 6.07) is 0. The molecule has 0 aliphatic rings. The molecular weight excluding hydrogens is 81.1 g/mol. The summed E-state index contributed by atoms with van der Waals surface area (Å²) in [5.74, 6) is 8.00. The van der Waals surface area contributed by atoms with Crippen molar-refractivity contribution in [2.45, 2.75) is 0 Å². The van der Waals surface area contributed by atoms with E-state index in [1.807, 2.05) is 0 Å². The molecule has 0 aliphatic heterocycles. The molecule has 4 heteroatoms. The minimum absolute atomic E-state index is 0. The Hall–Kier alpha value is 1.52. The molecule has 0 rings (SSSR count). The third-order valence-electron chi connectivity index (χ3n) is 0. The Morgan fingerprint density at radius 2 is 1.00 bits per heavy atom. The van der Waals surface area contributed by atoms with Crippen molar-refractivity contribution in [3.8, 4) is 0 Å². The molecule has 0 aromatic rings. The normalized spacial score (nSPS) is 1.50. The van der Waals surface area contributed by atoms with E-state index in [2.05, 4.69) is 11.7 Å². The Morgan fingerprint density at radius 3 is 1.00 bits per heavy atom. The van der Waals surface area contributed by atoms with Crippen molar-refractivity contribution in [2.24, 2.45) is 11.7 Å². The molecule has 3 nitrogen and oxygen atoms in total. The molecule has 0 fully saturated rings. The van der Waals surface area contributed by atoms with E-state index in [-0.39, 0.29) is 57.5 Å². The van der Waals surface area contributed by atoms with Gasteiger partial charge in [0.25, 0.3) is 0 Å². The van der Waals surface area contributed by atoms with Crippen LogP contribution in [0.3, 0.4) is 0 Å². The molecular formula is H6KN3. The summed E-state index contributed by atoms with van der Waals surface area (Å²) in [6.45, 7) is 0. The zero-order valence-corrected chi connectivity index (χ0v) is 5.86. The summed E-state index contributed by atoms with van der Waals surface area (Å²) in [6.07, 6.45) is 0. The first-order valence-electron chi connectivity index (χ1n) is 0.333. The third-order valence-corrected chi connectivity index (χ3v) is 0. The summed E-state index contributed by atoms with van der Waals surface area (Å²) in [5.41, 5.74) is 0. The maximum absolute atomic E-state index is 4.00. The SMILES string of the molecule is NN.[K+].[NH2-]. The molecule has 0 unspecified atom stereocenters. The molecule has 0 radical (unpaired) electrons. The number of hydrogen-bond donors (Lipinski definition) is 2. The van der Waals surface area contributed by atoms with Gasteiger partial charge in [0.05, 0.1) is 0 Å². The van der Waals surface area contributed by atoms with Crippen LogP contribution in [0.5, 0.6) is 0 Å². The van der Waals surface area contributed by atoms with Crippen molar-refractivity contribution < 1.29 is 51.4 Å². The summed E-state index contributed by atoms with van der Waals surface area (Å²) in [7, 11) is 0. The van der Waals surface area contributed by atoms with Crippen LogP contribution in [0.25, 0.3) is 6.15 Å². The van der Waals surface area contributed by atoms with Crippen molar-refractivity contribution >= 4 is 0 Å². The van der Waals surface area contributed by atoms with Crippen LogP contribution < -0.4 is 63.1 Å². The van der Waals surface area contributed by atoms with E-state index in [0.717, 1.165) is 0 Å². The second-order valence-electron chi connectivity index (χ2n) is 0. The third kappa shape index (κ3) is 9.68. The van der Waals surface area contributed by atoms with Gasteiger partial charge in [-0.25, -0.2) is 0 Å². The van der Waals surface area contributed by atoms with E-state index in [0.29, 0.717) is 0 Å². The molecule has 0 atom stereocenters. The van der Waals surface area contributed by atoms with Crippen molar-refractivity contribution in [1.29, 1.82) is 0 Å². The van der Waals surface area contributed by atoms with Gasteiger partial charge in [-0.1, -0.05) is 0 Å². The van der Waals surface area contributed by atoms with E-state index in [1.165, 1.54) is 0 Å². The van der Waals surface area contributed by atoms with Gasteiger partial charge >= 0.3 is 51.4 Å². The average molecular weight is 87.2 g/mol. The monoisotopic (exact) mass is 87.0 g/mol. The second kappa shape index (κ2) is 24.3. The van der Waals surface area contributed by atoms with E-state index >= 15 is 0 Å². The van der Waals surface area contributed by atoms with E-state index in [4.69, 9.17) is 0 Å². The Kier molecular flexibility index (Phi) is 108. The van der Waals surface area contributed by atoms with Crippen molar-refractivity contribution in [2.75, 3.05) is 0 Å². The molecule has 0 saturated carbocycles. The van der Waals surface area contributed by atoms with Crippen LogP contribution >= 0.6 is 0 Å². The first-order valence-corrected chi connectivity index (χ1v) is 0.333. The topological polar surface area (TPSA) is 85.5 Å². The van der Waals surface area contributed by atoms with Crippen LogP contribution in [-0.2, 0) is 0 Å². The molecule has 0 amide bonds. The zero-order valence-electron chi connectivity index (χ0n) is 2.73. The van der Waals surface area contributed by atoms with Gasteiger partial charge in [-0.05, 0) is 0 Å². The van der Waals surface area contributed by atoms with Crippen LogP contribution in [0.4, 0.5) is 0 Å². The Balaban J connectivity index is -0.00000000500. The quantitative estimate of drug-likeness (QED) is 0.183. The van der Waals surface area contributed by atoms with Crippen molar-refractivity contribution in [1.82, 2.24) is 0 Å². The summed E-state index contributed by atoms with van der Waals surface area (Å²) < 4.78 is 0. The van der Waals surface area contributed by atoms with Gasteiger partial charge in [-0.3, -0.25) is 11.7 Å². The molecule has 6 N–H and O–H groups in total. The molecule has 0 aliphatic carbocycles. The van der Waals surface area contributed by atoms with Crippen LogP contribution in [0.1, 0.15) is 0 Å². The maximum atomic E-state index is 4.00. The fraction of sp³-hybridized carbons (Fsp3) is 0. The van der Waals surface area contributed by atoms with Gasteiger partial charge in [0.2, 0.25) is 0 Å². The van der Waals surface area contributed by atoms with E-state index < -0.39 is 0 Å². The van der Waals surface area contributed by atoms with Crippen molar-refractivity contribution in [3.63, 3.8) is 0 Å². The molecule has 0 aromatic carbocycles. The van der Waals surface area contributed by atoms with Crippen LogP contribution in [0.15, 0.2) is 0 Å². The molecule has 0 bridgehead atoms. The van der Waals surface area contributed by atoms with E-state index in [9.17, 15) is 0 Å². The first-order chi connectivity index (χ1) is 1.00. The van der Waals surface area contributed by atoms with Crippen LogP contribution in [-0.4, -0.2) is 0 Å². The number of hydrogen-bond acceptors (Lipinski definition) is 2. The number of rotatable bonds is 0. The molecule has 22 valence electrons. The first kappa shape index (κ1) is 17.8. The Morgan fingerprint density at radius 1 is 1.00 bits per heavy atom. The Bertz CT molecular complexity index is 3.25. The fourth-order valence-electron chi connectivity index (χ4n) is 0. The standard InChI is InChI=1S/K.H4N2.H2N/c;1-2;/h;1-2H2;1H2/q+1;;-1. The zero-order chi connectivity index (χ0) is 2.00. The van der Waals surface area contributed by atoms with E-state index in [1.54, 1.807) is 0 Å². The molecule has 0 aromatic heterocycles. The summed E-state index contributed by atoms with van der Waals surface area (Å²) in [5, 5.41) is 0. The van der Waals surface area contributed by atoms with Crippen LogP contribution in [0.2, 0.25) is 0 Å². The van der Waals surface area contributed by atoms with Gasteiger partial charge in [-0.15, -0.1) is 0 Å². The minimum atomic E-state index is 0. The number of hydrazine groups is 1. The molecule has 0 heterocycles. The maximum Gasteiger partial charge on any atom is 1.00 e. The number of nitrogens with two attached hydrogens (primary N) is 3. The van der Waals surface area contributed by atoms with Gasteiger partial charge in [-0.2, -0.15) is 0 Å². The smallest absolute Gasteiger partial charge is 0.693 e. The molecule has 4 heavy (non-hydrogen) atoms. The predicted octanol–water partition coefficient (Wildman–Crippen LogP) is -3.46. The predicted molar refractivity (Wildman–Crippen MR) is 13.7 cm³/mol. The van der Waals surface area contributed by atoms with Gasteiger partial charge in [0.15, 0.2) is 0 Å². The summed E-state index contributed by atoms with van der Waals surface area (Å²) in [4.78, 5) is 0. The second-order valence-corrected chi connectivity index (χ2v) is 0. The van der Waals surface area contributed by atoms with Gasteiger partial charge in [0.1, 0.15) is 0 Å². The van der Waals surface area contributed by atoms with Crippen LogP contribution in [0, 0.1) is 0 Å². The minimum Gasteiger partial charge on any atom is -0.693 e. The molecule has 0 saturated heterocycles. The largest absolute Gasteiger partial charge is 1.00 e.